The molecule has 138 valence electrons. The van der Waals surface area contributed by atoms with Crippen molar-refractivity contribution in [3.05, 3.63) is 70.7 Å². The number of aliphatic hydroxyl groups excluding tert-OH is 1. The Morgan fingerprint density at radius 2 is 2.04 bits per heavy atom. The lowest BCUT2D eigenvalue weighted by atomic mass is 10.0. The molecule has 0 bridgehead atoms. The minimum absolute atomic E-state index is 0.0866. The molecule has 0 spiro atoms. The summed E-state index contributed by atoms with van der Waals surface area (Å²) in [6.07, 6.45) is 3.01. The fraction of sp³-hybridized carbons (Fsp3) is 0.150. The van der Waals surface area contributed by atoms with Crippen LogP contribution in [0.3, 0.4) is 0 Å². The van der Waals surface area contributed by atoms with Crippen LogP contribution in [-0.4, -0.2) is 22.4 Å². The van der Waals surface area contributed by atoms with E-state index in [4.69, 9.17) is 27.6 Å². The lowest BCUT2D eigenvalue weighted by molar-refractivity contribution is 0.282. The van der Waals surface area contributed by atoms with Gasteiger partial charge < -0.3 is 14.8 Å². The number of hydrogen-bond donors (Lipinski definition) is 2. The smallest absolute Gasteiger partial charge is 0.181 e. The van der Waals surface area contributed by atoms with Gasteiger partial charge in [-0.05, 0) is 47.5 Å². The highest BCUT2D eigenvalue weighted by atomic mass is 35.5. The summed E-state index contributed by atoms with van der Waals surface area (Å²) in [5.41, 5.74) is 4.60. The number of aromatic nitrogens is 1. The van der Waals surface area contributed by atoms with Gasteiger partial charge in [0.1, 0.15) is 0 Å². The number of nitrogens with zero attached hydrogens (tertiary/aromatic N) is 1. The fourth-order valence-electron chi connectivity index (χ4n) is 2.98. The van der Waals surface area contributed by atoms with E-state index in [9.17, 15) is 5.11 Å². The van der Waals surface area contributed by atoms with Gasteiger partial charge in [-0.25, -0.2) is 4.98 Å². The van der Waals surface area contributed by atoms with Crippen molar-refractivity contribution >= 4 is 45.7 Å². The van der Waals surface area contributed by atoms with E-state index in [1.165, 1.54) is 6.39 Å². The van der Waals surface area contributed by atoms with Crippen molar-refractivity contribution in [2.45, 2.75) is 11.5 Å². The molecular formula is C20H16Cl2N2O2S. The van der Waals surface area contributed by atoms with Crippen LogP contribution in [0.4, 0.5) is 5.69 Å². The minimum Gasteiger partial charge on any atom is -0.444 e. The average Bonchev–Trinajstić information content (AvgIpc) is 3.22. The summed E-state index contributed by atoms with van der Waals surface area (Å²) in [5.74, 6) is 1.46. The Labute approximate surface area is 171 Å². The van der Waals surface area contributed by atoms with Gasteiger partial charge in [-0.15, -0.1) is 11.8 Å². The Hall–Kier alpha value is -1.92. The summed E-state index contributed by atoms with van der Waals surface area (Å²) in [6, 6.07) is 11.6. The van der Waals surface area contributed by atoms with Gasteiger partial charge in [0.15, 0.2) is 12.2 Å². The number of rotatable bonds is 5. The topological polar surface area (TPSA) is 58.3 Å². The van der Waals surface area contributed by atoms with E-state index in [-0.39, 0.29) is 6.61 Å². The van der Waals surface area contributed by atoms with Crippen LogP contribution < -0.4 is 5.32 Å². The third kappa shape index (κ3) is 3.87. The Bertz CT molecular complexity index is 1000. The highest BCUT2D eigenvalue weighted by molar-refractivity contribution is 7.99. The first-order valence-corrected chi connectivity index (χ1v) is 10.1. The quantitative estimate of drug-likeness (QED) is 0.559. The van der Waals surface area contributed by atoms with Crippen molar-refractivity contribution in [3.8, 4) is 11.3 Å². The Morgan fingerprint density at radius 3 is 2.81 bits per heavy atom. The van der Waals surface area contributed by atoms with E-state index in [0.717, 1.165) is 43.6 Å². The van der Waals surface area contributed by atoms with Crippen LogP contribution in [-0.2, 0) is 6.61 Å². The molecule has 4 rings (SSSR count). The van der Waals surface area contributed by atoms with Gasteiger partial charge >= 0.3 is 0 Å². The Balaban J connectivity index is 1.54. The third-order valence-electron chi connectivity index (χ3n) is 4.37. The molecule has 0 aliphatic carbocycles. The second kappa shape index (κ2) is 7.98. The number of oxazole rings is 1. The summed E-state index contributed by atoms with van der Waals surface area (Å²) in [7, 11) is 0. The van der Waals surface area contributed by atoms with Crippen molar-refractivity contribution < 1.29 is 9.52 Å². The molecule has 0 atom stereocenters. The van der Waals surface area contributed by atoms with Gasteiger partial charge in [-0.3, -0.25) is 0 Å². The summed E-state index contributed by atoms with van der Waals surface area (Å²) >= 11 is 14.5. The molecule has 0 radical (unpaired) electrons. The maximum absolute atomic E-state index is 9.70. The number of fused-ring (bicyclic) bond motifs is 1. The molecule has 0 fully saturated rings. The van der Waals surface area contributed by atoms with Crippen molar-refractivity contribution in [2.24, 2.45) is 0 Å². The van der Waals surface area contributed by atoms with E-state index in [0.29, 0.717) is 17.3 Å². The summed E-state index contributed by atoms with van der Waals surface area (Å²) in [5, 5.41) is 14.5. The summed E-state index contributed by atoms with van der Waals surface area (Å²) in [6.45, 7) is 0.529. The van der Waals surface area contributed by atoms with E-state index in [2.05, 4.69) is 10.3 Å². The molecule has 0 saturated carbocycles. The minimum atomic E-state index is -0.0866. The molecule has 2 aromatic carbocycles. The molecule has 2 N–H and O–H groups in total. The molecular weight excluding hydrogens is 403 g/mol. The van der Waals surface area contributed by atoms with Crippen molar-refractivity contribution in [2.75, 3.05) is 17.6 Å². The molecule has 4 nitrogen and oxygen atoms in total. The van der Waals surface area contributed by atoms with Crippen molar-refractivity contribution in [3.63, 3.8) is 0 Å². The zero-order valence-corrected chi connectivity index (χ0v) is 16.5. The normalized spacial score (nSPS) is 13.6. The van der Waals surface area contributed by atoms with Gasteiger partial charge in [-0.2, -0.15) is 0 Å². The van der Waals surface area contributed by atoms with Gasteiger partial charge in [-0.1, -0.05) is 23.2 Å². The predicted octanol–water partition coefficient (Wildman–Crippen LogP) is 5.66. The monoisotopic (exact) mass is 418 g/mol. The SMILES string of the molecule is OCc1cc(NCC2=C(Cl)c3cc(Cl)ccc3SC2)ccc1-c1cnco1. The first-order valence-electron chi connectivity index (χ1n) is 8.32. The molecule has 1 aliphatic heterocycles. The standard InChI is InChI=1S/C20H16Cl2N2O2S/c21-14-1-4-19-17(6-14)20(22)13(10-27-19)7-24-15-2-3-16(12(5-15)9-25)18-8-23-11-26-18/h1-6,8,11,24-25H,7,9-10H2. The van der Waals surface area contributed by atoms with Gasteiger partial charge in [0, 0.05) is 39.0 Å². The molecule has 1 aromatic heterocycles. The molecule has 27 heavy (non-hydrogen) atoms. The van der Waals surface area contributed by atoms with E-state index in [1.54, 1.807) is 18.0 Å². The van der Waals surface area contributed by atoms with Gasteiger partial charge in [0.25, 0.3) is 0 Å². The van der Waals surface area contributed by atoms with E-state index >= 15 is 0 Å². The van der Waals surface area contributed by atoms with E-state index < -0.39 is 0 Å². The number of hydrogen-bond acceptors (Lipinski definition) is 5. The van der Waals surface area contributed by atoms with Crippen molar-refractivity contribution in [1.82, 2.24) is 4.98 Å². The van der Waals surface area contributed by atoms with Crippen LogP contribution in [0.5, 0.6) is 0 Å². The number of thioether (sulfide) groups is 1. The predicted molar refractivity (Wildman–Crippen MR) is 111 cm³/mol. The maximum atomic E-state index is 9.70. The number of halogens is 2. The van der Waals surface area contributed by atoms with Crippen LogP contribution in [0.1, 0.15) is 11.1 Å². The molecule has 2 heterocycles. The molecule has 1 aliphatic rings. The zero-order valence-electron chi connectivity index (χ0n) is 14.2. The first kappa shape index (κ1) is 18.4. The van der Waals surface area contributed by atoms with Crippen LogP contribution >= 0.6 is 35.0 Å². The van der Waals surface area contributed by atoms with Crippen LogP contribution in [0.15, 0.2) is 63.9 Å². The summed E-state index contributed by atoms with van der Waals surface area (Å²) in [4.78, 5) is 5.08. The van der Waals surface area contributed by atoms with E-state index in [1.807, 2.05) is 36.4 Å². The first-order chi connectivity index (χ1) is 13.2. The fourth-order valence-corrected chi connectivity index (χ4v) is 4.63. The number of benzene rings is 2. The highest BCUT2D eigenvalue weighted by Gasteiger charge is 2.18. The Kier molecular flexibility index (Phi) is 5.45. The largest absolute Gasteiger partial charge is 0.444 e. The van der Waals surface area contributed by atoms with Crippen molar-refractivity contribution in [1.29, 1.82) is 0 Å². The molecule has 0 amide bonds. The highest BCUT2D eigenvalue weighted by Crippen LogP contribution is 2.40. The van der Waals surface area contributed by atoms with Gasteiger partial charge in [0.05, 0.1) is 17.8 Å². The second-order valence-corrected chi connectivity index (χ2v) is 7.93. The number of aliphatic hydroxyl groups is 1. The third-order valence-corrected chi connectivity index (χ3v) is 6.24. The van der Waals surface area contributed by atoms with Gasteiger partial charge in [0.2, 0.25) is 0 Å². The number of nitrogens with one attached hydrogen (secondary N) is 1. The Morgan fingerprint density at radius 1 is 1.15 bits per heavy atom. The van der Waals surface area contributed by atoms with Crippen LogP contribution in [0, 0.1) is 0 Å². The van der Waals surface area contributed by atoms with Crippen LogP contribution in [0.2, 0.25) is 5.02 Å². The molecule has 0 saturated heterocycles. The number of anilines is 1. The summed E-state index contributed by atoms with van der Waals surface area (Å²) < 4.78 is 5.33. The van der Waals surface area contributed by atoms with Crippen LogP contribution in [0.25, 0.3) is 16.4 Å². The lowest BCUT2D eigenvalue weighted by Gasteiger charge is -2.20. The second-order valence-electron chi connectivity index (χ2n) is 6.10. The maximum Gasteiger partial charge on any atom is 0.181 e. The zero-order chi connectivity index (χ0) is 18.8. The average molecular weight is 419 g/mol. The lowest BCUT2D eigenvalue weighted by Crippen LogP contribution is -2.11. The molecule has 7 heteroatoms. The molecule has 0 unspecified atom stereocenters. The molecule has 3 aromatic rings.